The maximum Gasteiger partial charge on any atom is 0.334 e. The van der Waals surface area contributed by atoms with Gasteiger partial charge < -0.3 is 15.1 Å². The van der Waals surface area contributed by atoms with E-state index in [1.54, 1.807) is 19.2 Å². The highest BCUT2D eigenvalue weighted by molar-refractivity contribution is 5.91. The minimum absolute atomic E-state index is 0.0513. The number of amides is 4. The van der Waals surface area contributed by atoms with Crippen LogP contribution in [0.5, 0.6) is 0 Å². The van der Waals surface area contributed by atoms with Gasteiger partial charge in [0.2, 0.25) is 11.8 Å². The first-order valence-corrected chi connectivity index (χ1v) is 12.1. The molecule has 11 heteroatoms. The molecule has 0 aromatic heterocycles. The molecule has 0 spiro atoms. The van der Waals surface area contributed by atoms with Crippen LogP contribution in [0.1, 0.15) is 31.4 Å². The lowest BCUT2D eigenvalue weighted by Crippen LogP contribution is -2.75. The van der Waals surface area contributed by atoms with E-state index < -0.39 is 29.9 Å². The zero-order valence-electron chi connectivity index (χ0n) is 21.0. The van der Waals surface area contributed by atoms with Crippen LogP contribution in [0.25, 0.3) is 0 Å². The van der Waals surface area contributed by atoms with E-state index in [1.165, 1.54) is 38.0 Å². The summed E-state index contributed by atoms with van der Waals surface area (Å²) in [6, 6.07) is 7.54. The summed E-state index contributed by atoms with van der Waals surface area (Å²) in [6.45, 7) is 3.69. The Balaban J connectivity index is 1.62. The van der Waals surface area contributed by atoms with Crippen LogP contribution in [0.2, 0.25) is 0 Å². The number of fused-ring (bicyclic) bond motifs is 1. The van der Waals surface area contributed by atoms with E-state index in [2.05, 4.69) is 5.32 Å². The van der Waals surface area contributed by atoms with Gasteiger partial charge in [0.1, 0.15) is 29.7 Å². The van der Waals surface area contributed by atoms with E-state index in [1.807, 2.05) is 13.8 Å². The van der Waals surface area contributed by atoms with Crippen LogP contribution in [0.15, 0.2) is 42.5 Å². The van der Waals surface area contributed by atoms with Crippen molar-refractivity contribution in [1.82, 2.24) is 25.1 Å². The maximum absolute atomic E-state index is 14.4. The first-order valence-electron chi connectivity index (χ1n) is 12.1. The third-order valence-electron chi connectivity index (χ3n) is 6.58. The van der Waals surface area contributed by atoms with Gasteiger partial charge in [0.15, 0.2) is 0 Å². The molecule has 2 aliphatic rings. The molecule has 8 nitrogen and oxygen atoms in total. The Labute approximate surface area is 213 Å². The molecule has 2 aliphatic heterocycles. The molecule has 0 saturated carbocycles. The third kappa shape index (κ3) is 5.71. The third-order valence-corrected chi connectivity index (χ3v) is 6.58. The highest BCUT2D eigenvalue weighted by Gasteiger charge is 2.50. The average molecular weight is 518 g/mol. The molecule has 0 bridgehead atoms. The van der Waals surface area contributed by atoms with E-state index in [-0.39, 0.29) is 55.3 Å². The van der Waals surface area contributed by atoms with Gasteiger partial charge in [0.05, 0.1) is 13.1 Å². The maximum atomic E-state index is 14.4. The Morgan fingerprint density at radius 3 is 2.38 bits per heavy atom. The fourth-order valence-electron chi connectivity index (χ4n) is 4.84. The molecule has 2 aromatic rings. The lowest BCUT2D eigenvalue weighted by Gasteiger charge is -2.54. The number of urea groups is 1. The van der Waals surface area contributed by atoms with Gasteiger partial charge in [-0.25, -0.2) is 28.0 Å². The normalized spacial score (nSPS) is 20.5. The van der Waals surface area contributed by atoms with E-state index in [4.69, 9.17) is 0 Å². The van der Waals surface area contributed by atoms with Crippen LogP contribution in [0, 0.1) is 23.4 Å². The number of hydrazine groups is 1. The van der Waals surface area contributed by atoms with Crippen molar-refractivity contribution in [3.63, 3.8) is 0 Å². The van der Waals surface area contributed by atoms with Crippen LogP contribution in [-0.4, -0.2) is 70.0 Å². The summed E-state index contributed by atoms with van der Waals surface area (Å²) >= 11 is 0. The first-order chi connectivity index (χ1) is 17.5. The molecule has 2 fully saturated rings. The van der Waals surface area contributed by atoms with Gasteiger partial charge in [-0.2, -0.15) is 0 Å². The van der Waals surface area contributed by atoms with Crippen molar-refractivity contribution >= 4 is 17.8 Å². The zero-order chi connectivity index (χ0) is 26.9. The SMILES string of the molecule is CC(C)C[C@H]1C(=O)N(Cc2ccc(F)cc2F)C[C@H]2N1C(=O)CN(C)N2C(=O)NCc1ccc(F)cc1. The fraction of sp³-hybridized carbons (Fsp3) is 0.423. The Hall–Kier alpha value is -3.60. The van der Waals surface area contributed by atoms with E-state index in [0.717, 1.165) is 12.1 Å². The van der Waals surface area contributed by atoms with Crippen molar-refractivity contribution in [2.45, 2.75) is 45.6 Å². The Morgan fingerprint density at radius 2 is 1.73 bits per heavy atom. The van der Waals surface area contributed by atoms with Gasteiger partial charge in [0.25, 0.3) is 0 Å². The number of benzene rings is 2. The fourth-order valence-corrected chi connectivity index (χ4v) is 4.84. The Kier molecular flexibility index (Phi) is 7.72. The lowest BCUT2D eigenvalue weighted by molar-refractivity contribution is -0.188. The van der Waals surface area contributed by atoms with Crippen molar-refractivity contribution in [3.05, 3.63) is 71.0 Å². The molecular weight excluding hydrogens is 487 g/mol. The first kappa shape index (κ1) is 26.5. The van der Waals surface area contributed by atoms with Gasteiger partial charge in [0, 0.05) is 31.8 Å². The number of hydrogen-bond acceptors (Lipinski definition) is 4. The second-order valence-electron chi connectivity index (χ2n) is 9.83. The van der Waals surface area contributed by atoms with Gasteiger partial charge in [-0.3, -0.25) is 9.59 Å². The predicted octanol–water partition coefficient (Wildman–Crippen LogP) is 3.09. The standard InChI is InChI=1S/C26H30F3N5O3/c1-16(2)10-22-25(36)32(13-18-6-9-20(28)11-21(18)29)14-23-33(22)24(35)15-31(3)34(23)26(37)30-12-17-4-7-19(27)8-5-17/h4-9,11,16,22-23H,10,12-15H2,1-3H3,(H,30,37)/t22-,23-/m0/s1. The molecule has 4 rings (SSSR count). The van der Waals surface area contributed by atoms with Crippen LogP contribution in [-0.2, 0) is 22.7 Å². The summed E-state index contributed by atoms with van der Waals surface area (Å²) in [6.07, 6.45) is -0.470. The quantitative estimate of drug-likeness (QED) is 0.639. The molecular formula is C26H30F3N5O3. The van der Waals surface area contributed by atoms with Crippen LogP contribution >= 0.6 is 0 Å². The number of carbonyl (C=O) groups is 3. The lowest BCUT2D eigenvalue weighted by atomic mass is 9.96. The molecule has 2 atom stereocenters. The second-order valence-corrected chi connectivity index (χ2v) is 9.83. The summed E-state index contributed by atoms with van der Waals surface area (Å²) < 4.78 is 41.1. The number of nitrogens with one attached hydrogen (secondary N) is 1. The smallest absolute Gasteiger partial charge is 0.333 e. The molecule has 198 valence electrons. The minimum Gasteiger partial charge on any atom is -0.333 e. The number of nitrogens with zero attached hydrogens (tertiary/aromatic N) is 4. The number of piperazine rings is 1. The molecule has 4 amide bonds. The van der Waals surface area contributed by atoms with Crippen molar-refractivity contribution < 1.29 is 27.6 Å². The molecule has 2 aromatic carbocycles. The topological polar surface area (TPSA) is 76.2 Å². The Bertz CT molecular complexity index is 1180. The molecule has 0 aliphatic carbocycles. The van der Waals surface area contributed by atoms with Crippen LogP contribution < -0.4 is 5.32 Å². The summed E-state index contributed by atoms with van der Waals surface area (Å²) in [5, 5.41) is 5.67. The average Bonchev–Trinajstić information content (AvgIpc) is 2.82. The van der Waals surface area contributed by atoms with Gasteiger partial charge in [-0.15, -0.1) is 0 Å². The molecule has 0 radical (unpaired) electrons. The highest BCUT2D eigenvalue weighted by Crippen LogP contribution is 2.30. The van der Waals surface area contributed by atoms with Crippen LogP contribution in [0.4, 0.5) is 18.0 Å². The monoisotopic (exact) mass is 517 g/mol. The summed E-state index contributed by atoms with van der Waals surface area (Å²) in [7, 11) is 1.60. The van der Waals surface area contributed by atoms with Crippen molar-refractivity contribution in [1.29, 1.82) is 0 Å². The van der Waals surface area contributed by atoms with Crippen LogP contribution in [0.3, 0.4) is 0 Å². The second kappa shape index (κ2) is 10.8. The van der Waals surface area contributed by atoms with Gasteiger partial charge in [-0.1, -0.05) is 32.0 Å². The van der Waals surface area contributed by atoms with E-state index in [0.29, 0.717) is 12.0 Å². The Morgan fingerprint density at radius 1 is 1.05 bits per heavy atom. The molecule has 2 heterocycles. The molecule has 37 heavy (non-hydrogen) atoms. The largest absolute Gasteiger partial charge is 0.334 e. The molecule has 2 saturated heterocycles. The van der Waals surface area contributed by atoms with Crippen molar-refractivity contribution in [2.24, 2.45) is 5.92 Å². The molecule has 0 unspecified atom stereocenters. The number of rotatable bonds is 6. The van der Waals surface area contributed by atoms with Gasteiger partial charge >= 0.3 is 6.03 Å². The number of likely N-dealkylation sites (N-methyl/N-ethyl adjacent to an activating group) is 1. The van der Waals surface area contributed by atoms with E-state index >= 15 is 0 Å². The predicted molar refractivity (Wildman–Crippen MR) is 129 cm³/mol. The summed E-state index contributed by atoms with van der Waals surface area (Å²) in [5.41, 5.74) is 0.821. The summed E-state index contributed by atoms with van der Waals surface area (Å²) in [5.74, 6) is -2.47. The number of carbonyl (C=O) groups excluding carboxylic acids is 3. The van der Waals surface area contributed by atoms with E-state index in [9.17, 15) is 27.6 Å². The number of halogens is 3. The summed E-state index contributed by atoms with van der Waals surface area (Å²) in [4.78, 5) is 42.8. The zero-order valence-corrected chi connectivity index (χ0v) is 21.0. The van der Waals surface area contributed by atoms with Crippen molar-refractivity contribution in [2.75, 3.05) is 20.1 Å². The van der Waals surface area contributed by atoms with Crippen molar-refractivity contribution in [3.8, 4) is 0 Å². The number of hydrogen-bond donors (Lipinski definition) is 1. The minimum atomic E-state index is -0.837. The molecule has 1 N–H and O–H groups in total. The van der Waals surface area contributed by atoms with Gasteiger partial charge in [-0.05, 0) is 36.1 Å². The highest BCUT2D eigenvalue weighted by atomic mass is 19.1.